The van der Waals surface area contributed by atoms with Crippen LogP contribution in [0.25, 0.3) is 0 Å². The molecular weight excluding hydrogens is 274 g/mol. The van der Waals surface area contributed by atoms with Crippen LogP contribution in [-0.4, -0.2) is 49.6 Å². The number of carbonyl (C=O) groups excluding carboxylic acids is 1. The van der Waals surface area contributed by atoms with Crippen molar-refractivity contribution in [2.75, 3.05) is 26.7 Å². The van der Waals surface area contributed by atoms with Crippen LogP contribution in [0.4, 0.5) is 0 Å². The molecule has 0 bridgehead atoms. The zero-order chi connectivity index (χ0) is 15.9. The highest BCUT2D eigenvalue weighted by Crippen LogP contribution is 2.16. The van der Waals surface area contributed by atoms with Crippen LogP contribution >= 0.6 is 0 Å². The Morgan fingerprint density at radius 3 is 2.73 bits per heavy atom. The van der Waals surface area contributed by atoms with E-state index >= 15 is 0 Å². The standard InChI is InChI=1S/C18H29N3O/c1-14(2)11-16-13-20-9-10-21(16)18(22)17(19-3)12-15-7-5-4-6-8-15/h4-8,14,16-17,19-20H,9-13H2,1-3H3/t16-,17+/m1/s1. The average molecular weight is 303 g/mol. The lowest BCUT2D eigenvalue weighted by molar-refractivity contribution is -0.136. The molecule has 1 aromatic carbocycles. The van der Waals surface area contributed by atoms with Gasteiger partial charge in [0.15, 0.2) is 0 Å². The van der Waals surface area contributed by atoms with Crippen LogP contribution < -0.4 is 10.6 Å². The SMILES string of the molecule is CN[C@@H](Cc1ccccc1)C(=O)N1CCNC[C@H]1CC(C)C. The van der Waals surface area contributed by atoms with Gasteiger partial charge in [-0.2, -0.15) is 0 Å². The second kappa shape index (κ2) is 8.30. The first-order valence-electron chi connectivity index (χ1n) is 8.34. The quantitative estimate of drug-likeness (QED) is 0.840. The normalized spacial score (nSPS) is 20.2. The molecule has 1 heterocycles. The van der Waals surface area contributed by atoms with Gasteiger partial charge < -0.3 is 15.5 Å². The molecule has 22 heavy (non-hydrogen) atoms. The van der Waals surface area contributed by atoms with E-state index < -0.39 is 0 Å². The predicted molar refractivity (Wildman–Crippen MR) is 90.8 cm³/mol. The van der Waals surface area contributed by atoms with Crippen LogP contribution in [-0.2, 0) is 11.2 Å². The van der Waals surface area contributed by atoms with E-state index in [0.717, 1.165) is 32.5 Å². The lowest BCUT2D eigenvalue weighted by Crippen LogP contribution is -2.58. The van der Waals surface area contributed by atoms with Crippen LogP contribution in [0.2, 0.25) is 0 Å². The van der Waals surface area contributed by atoms with Gasteiger partial charge in [-0.3, -0.25) is 4.79 Å². The monoisotopic (exact) mass is 303 g/mol. The van der Waals surface area contributed by atoms with Gasteiger partial charge in [-0.25, -0.2) is 0 Å². The van der Waals surface area contributed by atoms with Crippen LogP contribution in [0.15, 0.2) is 30.3 Å². The summed E-state index contributed by atoms with van der Waals surface area (Å²) in [6.45, 7) is 7.05. The Morgan fingerprint density at radius 1 is 1.36 bits per heavy atom. The van der Waals surface area contributed by atoms with Crippen molar-refractivity contribution >= 4 is 5.91 Å². The number of likely N-dealkylation sites (N-methyl/N-ethyl adjacent to an activating group) is 1. The van der Waals surface area contributed by atoms with Gasteiger partial charge in [0.1, 0.15) is 0 Å². The molecule has 2 N–H and O–H groups in total. The minimum absolute atomic E-state index is 0.143. The molecule has 1 fully saturated rings. The summed E-state index contributed by atoms with van der Waals surface area (Å²) >= 11 is 0. The van der Waals surface area contributed by atoms with E-state index in [2.05, 4.69) is 41.5 Å². The molecule has 1 aliphatic heterocycles. The molecule has 4 nitrogen and oxygen atoms in total. The third kappa shape index (κ3) is 4.55. The van der Waals surface area contributed by atoms with Gasteiger partial charge in [0.25, 0.3) is 0 Å². The highest BCUT2D eigenvalue weighted by Gasteiger charge is 2.31. The number of hydrogen-bond donors (Lipinski definition) is 2. The number of piperazine rings is 1. The number of hydrogen-bond acceptors (Lipinski definition) is 3. The third-order valence-electron chi connectivity index (χ3n) is 4.31. The summed E-state index contributed by atoms with van der Waals surface area (Å²) < 4.78 is 0. The second-order valence-corrected chi connectivity index (χ2v) is 6.55. The van der Waals surface area contributed by atoms with E-state index in [1.54, 1.807) is 0 Å². The lowest BCUT2D eigenvalue weighted by Gasteiger charge is -2.39. The van der Waals surface area contributed by atoms with Crippen molar-refractivity contribution in [1.82, 2.24) is 15.5 Å². The fraction of sp³-hybridized carbons (Fsp3) is 0.611. The number of benzene rings is 1. The Balaban J connectivity index is 2.05. The van der Waals surface area contributed by atoms with Gasteiger partial charge in [0.2, 0.25) is 5.91 Å². The molecule has 0 aliphatic carbocycles. The van der Waals surface area contributed by atoms with Crippen molar-refractivity contribution in [3.63, 3.8) is 0 Å². The molecule has 1 aliphatic rings. The molecule has 0 spiro atoms. The van der Waals surface area contributed by atoms with E-state index in [0.29, 0.717) is 12.0 Å². The lowest BCUT2D eigenvalue weighted by atomic mass is 9.98. The topological polar surface area (TPSA) is 44.4 Å². The van der Waals surface area contributed by atoms with E-state index in [9.17, 15) is 4.79 Å². The van der Waals surface area contributed by atoms with Gasteiger partial charge in [-0.15, -0.1) is 0 Å². The van der Waals surface area contributed by atoms with Crippen molar-refractivity contribution in [3.05, 3.63) is 35.9 Å². The van der Waals surface area contributed by atoms with Gasteiger partial charge in [0, 0.05) is 25.7 Å². The van der Waals surface area contributed by atoms with Gasteiger partial charge in [0.05, 0.1) is 6.04 Å². The van der Waals surface area contributed by atoms with Crippen molar-refractivity contribution in [2.24, 2.45) is 5.92 Å². The average Bonchev–Trinajstić information content (AvgIpc) is 2.53. The van der Waals surface area contributed by atoms with Gasteiger partial charge in [-0.05, 0) is 31.4 Å². The maximum Gasteiger partial charge on any atom is 0.240 e. The van der Waals surface area contributed by atoms with E-state index in [4.69, 9.17) is 0 Å². The largest absolute Gasteiger partial charge is 0.336 e. The number of carbonyl (C=O) groups is 1. The van der Waals surface area contributed by atoms with Gasteiger partial charge in [-0.1, -0.05) is 44.2 Å². The first-order chi connectivity index (χ1) is 10.6. The van der Waals surface area contributed by atoms with Crippen LogP contribution in [0.5, 0.6) is 0 Å². The molecule has 2 rings (SSSR count). The highest BCUT2D eigenvalue weighted by molar-refractivity contribution is 5.82. The maximum atomic E-state index is 13.0. The smallest absolute Gasteiger partial charge is 0.240 e. The van der Waals surface area contributed by atoms with E-state index in [1.807, 2.05) is 25.2 Å². The van der Waals surface area contributed by atoms with Crippen LogP contribution in [0.1, 0.15) is 25.8 Å². The molecule has 0 aromatic heterocycles. The molecule has 2 atom stereocenters. The third-order valence-corrected chi connectivity index (χ3v) is 4.31. The zero-order valence-electron chi connectivity index (χ0n) is 14.0. The number of rotatable bonds is 6. The van der Waals surface area contributed by atoms with Gasteiger partial charge >= 0.3 is 0 Å². The first kappa shape index (κ1) is 17.0. The zero-order valence-corrected chi connectivity index (χ0v) is 14.0. The summed E-state index contributed by atoms with van der Waals surface area (Å²) in [5.41, 5.74) is 1.20. The summed E-state index contributed by atoms with van der Waals surface area (Å²) in [6, 6.07) is 10.4. The summed E-state index contributed by atoms with van der Waals surface area (Å²) in [5.74, 6) is 0.834. The summed E-state index contributed by atoms with van der Waals surface area (Å²) in [7, 11) is 1.88. The van der Waals surface area contributed by atoms with Crippen LogP contribution in [0.3, 0.4) is 0 Å². The molecule has 1 amide bonds. The maximum absolute atomic E-state index is 13.0. The summed E-state index contributed by atoms with van der Waals surface area (Å²) in [4.78, 5) is 15.0. The molecule has 4 heteroatoms. The summed E-state index contributed by atoms with van der Waals surface area (Å²) in [6.07, 6.45) is 1.80. The van der Waals surface area contributed by atoms with Crippen LogP contribution in [0, 0.1) is 5.92 Å². The Hall–Kier alpha value is -1.39. The van der Waals surface area contributed by atoms with Crippen molar-refractivity contribution in [3.8, 4) is 0 Å². The number of nitrogens with zero attached hydrogens (tertiary/aromatic N) is 1. The first-order valence-corrected chi connectivity index (χ1v) is 8.34. The summed E-state index contributed by atoms with van der Waals surface area (Å²) in [5, 5.41) is 6.63. The predicted octanol–water partition coefficient (Wildman–Crippen LogP) is 1.66. The molecule has 0 saturated carbocycles. The Labute approximate surface area is 134 Å². The Kier molecular flexibility index (Phi) is 6.40. The number of nitrogens with one attached hydrogen (secondary N) is 2. The molecule has 0 unspecified atom stereocenters. The van der Waals surface area contributed by atoms with Crippen molar-refractivity contribution in [2.45, 2.75) is 38.8 Å². The fourth-order valence-corrected chi connectivity index (χ4v) is 3.17. The minimum atomic E-state index is -0.143. The van der Waals surface area contributed by atoms with Crippen molar-refractivity contribution in [1.29, 1.82) is 0 Å². The second-order valence-electron chi connectivity index (χ2n) is 6.55. The Bertz CT molecular complexity index is 461. The minimum Gasteiger partial charge on any atom is -0.336 e. The Morgan fingerprint density at radius 2 is 2.09 bits per heavy atom. The number of amides is 1. The molecule has 122 valence electrons. The van der Waals surface area contributed by atoms with E-state index in [-0.39, 0.29) is 11.9 Å². The molecule has 0 radical (unpaired) electrons. The van der Waals surface area contributed by atoms with Crippen molar-refractivity contribution < 1.29 is 4.79 Å². The fourth-order valence-electron chi connectivity index (χ4n) is 3.17. The highest BCUT2D eigenvalue weighted by atomic mass is 16.2. The molecular formula is C18H29N3O. The van der Waals surface area contributed by atoms with E-state index in [1.165, 1.54) is 5.56 Å². The molecule has 1 aromatic rings. The molecule has 1 saturated heterocycles.